The number of anilines is 1. The van der Waals surface area contributed by atoms with Crippen molar-refractivity contribution >= 4 is 23.0 Å². The third kappa shape index (κ3) is 6.08. The highest BCUT2D eigenvalue weighted by atomic mass is 32.1. The van der Waals surface area contributed by atoms with Gasteiger partial charge in [-0.15, -0.1) is 0 Å². The zero-order valence-corrected chi connectivity index (χ0v) is 16.6. The molecule has 0 saturated carbocycles. The van der Waals surface area contributed by atoms with E-state index in [1.807, 2.05) is 0 Å². The van der Waals surface area contributed by atoms with Crippen LogP contribution in [-0.2, 0) is 4.74 Å². The molecule has 0 radical (unpaired) electrons. The van der Waals surface area contributed by atoms with Crippen molar-refractivity contribution in [1.82, 2.24) is 9.80 Å². The molecule has 142 valence electrons. The summed E-state index contributed by atoms with van der Waals surface area (Å²) in [5.41, 5.74) is 2.32. The van der Waals surface area contributed by atoms with Gasteiger partial charge < -0.3 is 15.0 Å². The van der Waals surface area contributed by atoms with Crippen molar-refractivity contribution in [3.63, 3.8) is 0 Å². The molecule has 1 aromatic carbocycles. The van der Waals surface area contributed by atoms with Crippen molar-refractivity contribution < 1.29 is 4.74 Å². The van der Waals surface area contributed by atoms with E-state index in [1.54, 1.807) is 0 Å². The molecule has 1 fully saturated rings. The van der Waals surface area contributed by atoms with Crippen LogP contribution in [0.4, 0.5) is 5.69 Å². The van der Waals surface area contributed by atoms with Gasteiger partial charge in [0.05, 0.1) is 13.2 Å². The van der Waals surface area contributed by atoms with Crippen molar-refractivity contribution in [2.75, 3.05) is 51.3 Å². The van der Waals surface area contributed by atoms with Crippen molar-refractivity contribution in [1.29, 1.82) is 0 Å². The molecule has 26 heavy (non-hydrogen) atoms. The SMILES string of the molecule is Cc1cccc(NC(=S)N(CCN2CCOCC2)C[C@H]2CC=CCC2)c1. The van der Waals surface area contributed by atoms with E-state index in [1.165, 1.54) is 24.8 Å². The van der Waals surface area contributed by atoms with Gasteiger partial charge in [-0.25, -0.2) is 0 Å². The smallest absolute Gasteiger partial charge is 0.173 e. The van der Waals surface area contributed by atoms with Gasteiger partial charge in [0.25, 0.3) is 0 Å². The van der Waals surface area contributed by atoms with E-state index in [0.717, 1.165) is 56.7 Å². The molecule has 1 heterocycles. The summed E-state index contributed by atoms with van der Waals surface area (Å²) in [4.78, 5) is 4.85. The number of hydrogen-bond acceptors (Lipinski definition) is 3. The maximum Gasteiger partial charge on any atom is 0.173 e. The van der Waals surface area contributed by atoms with Crippen molar-refractivity contribution in [2.45, 2.75) is 26.2 Å². The fourth-order valence-electron chi connectivity index (χ4n) is 3.62. The van der Waals surface area contributed by atoms with Gasteiger partial charge in [0.1, 0.15) is 0 Å². The summed E-state index contributed by atoms with van der Waals surface area (Å²) >= 11 is 5.79. The molecule has 0 amide bonds. The lowest BCUT2D eigenvalue weighted by Gasteiger charge is -2.34. The van der Waals surface area contributed by atoms with Gasteiger partial charge in [-0.3, -0.25) is 4.90 Å². The molecule has 0 spiro atoms. The molecule has 3 rings (SSSR count). The normalized spacial score (nSPS) is 20.7. The first kappa shape index (κ1) is 19.3. The van der Waals surface area contributed by atoms with E-state index in [-0.39, 0.29) is 0 Å². The first-order valence-corrected chi connectivity index (χ1v) is 10.2. The highest BCUT2D eigenvalue weighted by molar-refractivity contribution is 7.80. The number of morpholine rings is 1. The van der Waals surface area contributed by atoms with Gasteiger partial charge in [0.2, 0.25) is 0 Å². The van der Waals surface area contributed by atoms with Gasteiger partial charge in [-0.2, -0.15) is 0 Å². The van der Waals surface area contributed by atoms with Crippen molar-refractivity contribution in [2.24, 2.45) is 5.92 Å². The molecule has 4 nitrogen and oxygen atoms in total. The summed E-state index contributed by atoms with van der Waals surface area (Å²) in [6, 6.07) is 8.42. The maximum absolute atomic E-state index is 5.79. The Morgan fingerprint density at radius 3 is 2.88 bits per heavy atom. The van der Waals surface area contributed by atoms with Crippen LogP contribution >= 0.6 is 12.2 Å². The lowest BCUT2D eigenvalue weighted by Crippen LogP contribution is -2.45. The van der Waals surface area contributed by atoms with Gasteiger partial charge in [0.15, 0.2) is 5.11 Å². The quantitative estimate of drug-likeness (QED) is 0.606. The van der Waals surface area contributed by atoms with Crippen molar-refractivity contribution in [3.05, 3.63) is 42.0 Å². The third-order valence-corrected chi connectivity index (χ3v) is 5.56. The lowest BCUT2D eigenvalue weighted by molar-refractivity contribution is 0.0356. The van der Waals surface area contributed by atoms with Crippen LogP contribution < -0.4 is 5.32 Å². The number of thiocarbonyl (C=S) groups is 1. The molecule has 1 aromatic rings. The molecule has 5 heteroatoms. The first-order valence-electron chi connectivity index (χ1n) is 9.78. The summed E-state index contributed by atoms with van der Waals surface area (Å²) in [5.74, 6) is 0.696. The Kier molecular flexibility index (Phi) is 7.47. The number of ether oxygens (including phenoxy) is 1. The molecule has 0 unspecified atom stereocenters. The predicted molar refractivity (Wildman–Crippen MR) is 113 cm³/mol. The Morgan fingerprint density at radius 1 is 1.31 bits per heavy atom. The molecule has 1 aliphatic heterocycles. The average Bonchev–Trinajstić information content (AvgIpc) is 2.66. The second-order valence-corrected chi connectivity index (χ2v) is 7.74. The van der Waals surface area contributed by atoms with E-state index in [4.69, 9.17) is 17.0 Å². The zero-order valence-electron chi connectivity index (χ0n) is 15.8. The van der Waals surface area contributed by atoms with Crippen LogP contribution in [0.15, 0.2) is 36.4 Å². The maximum atomic E-state index is 5.79. The molecule has 0 aromatic heterocycles. The largest absolute Gasteiger partial charge is 0.379 e. The van der Waals surface area contributed by atoms with Crippen LogP contribution in [0.3, 0.4) is 0 Å². The molecule has 0 bridgehead atoms. The molecular weight excluding hydrogens is 342 g/mol. The third-order valence-electron chi connectivity index (χ3n) is 5.20. The minimum atomic E-state index is 0.696. The Hall–Kier alpha value is -1.43. The van der Waals surface area contributed by atoms with E-state index in [0.29, 0.717) is 5.92 Å². The number of allylic oxidation sites excluding steroid dienone is 2. The number of rotatable bonds is 6. The summed E-state index contributed by atoms with van der Waals surface area (Å²) < 4.78 is 5.46. The monoisotopic (exact) mass is 373 g/mol. The van der Waals surface area contributed by atoms with Crippen LogP contribution in [0.1, 0.15) is 24.8 Å². The van der Waals surface area contributed by atoms with Crippen LogP contribution in [0.2, 0.25) is 0 Å². The summed E-state index contributed by atoms with van der Waals surface area (Å²) in [6.45, 7) is 8.90. The Labute approximate surface area is 163 Å². The van der Waals surface area contributed by atoms with Gasteiger partial charge in [0, 0.05) is 38.4 Å². The Balaban J connectivity index is 1.60. The summed E-state index contributed by atoms with van der Waals surface area (Å²) in [6.07, 6.45) is 8.25. The van der Waals surface area contributed by atoms with Gasteiger partial charge >= 0.3 is 0 Å². The second-order valence-electron chi connectivity index (χ2n) is 7.35. The Morgan fingerprint density at radius 2 is 2.15 bits per heavy atom. The molecular formula is C21H31N3OS. The van der Waals surface area contributed by atoms with E-state index in [2.05, 4.69) is 58.5 Å². The fraction of sp³-hybridized carbons (Fsp3) is 0.571. The number of benzene rings is 1. The number of hydrogen-bond donors (Lipinski definition) is 1. The minimum Gasteiger partial charge on any atom is -0.379 e. The molecule has 1 N–H and O–H groups in total. The van der Waals surface area contributed by atoms with Gasteiger partial charge in [-0.05, 0) is 62.0 Å². The lowest BCUT2D eigenvalue weighted by atomic mass is 9.94. The average molecular weight is 374 g/mol. The molecule has 1 atom stereocenters. The fourth-order valence-corrected chi connectivity index (χ4v) is 3.91. The molecule has 1 aliphatic carbocycles. The van der Waals surface area contributed by atoms with Crippen molar-refractivity contribution in [3.8, 4) is 0 Å². The summed E-state index contributed by atoms with van der Waals surface area (Å²) in [7, 11) is 0. The first-order chi connectivity index (χ1) is 12.7. The predicted octanol–water partition coefficient (Wildman–Crippen LogP) is 3.68. The second kappa shape index (κ2) is 10.0. The van der Waals surface area contributed by atoms with Crippen LogP contribution in [0.5, 0.6) is 0 Å². The van der Waals surface area contributed by atoms with Gasteiger partial charge in [-0.1, -0.05) is 24.3 Å². The number of aryl methyl sites for hydroxylation is 1. The number of nitrogens with one attached hydrogen (secondary N) is 1. The summed E-state index contributed by atoms with van der Waals surface area (Å²) in [5, 5.41) is 4.30. The molecule has 1 saturated heterocycles. The van der Waals surface area contributed by atoms with E-state index < -0.39 is 0 Å². The Bertz CT molecular complexity index is 613. The minimum absolute atomic E-state index is 0.696. The van der Waals surface area contributed by atoms with Crippen LogP contribution in [0, 0.1) is 12.8 Å². The molecule has 2 aliphatic rings. The number of nitrogens with zero attached hydrogens (tertiary/aromatic N) is 2. The van der Waals surface area contributed by atoms with Crippen LogP contribution in [-0.4, -0.2) is 60.8 Å². The highest BCUT2D eigenvalue weighted by Crippen LogP contribution is 2.20. The van der Waals surface area contributed by atoms with E-state index in [9.17, 15) is 0 Å². The highest BCUT2D eigenvalue weighted by Gasteiger charge is 2.19. The van der Waals surface area contributed by atoms with Crippen LogP contribution in [0.25, 0.3) is 0 Å². The topological polar surface area (TPSA) is 27.7 Å². The zero-order chi connectivity index (χ0) is 18.2. The van der Waals surface area contributed by atoms with E-state index >= 15 is 0 Å². The standard InChI is InChI=1S/C21H31N3OS/c1-18-6-5-9-20(16-18)22-21(26)24(17-19-7-3-2-4-8-19)11-10-23-12-14-25-15-13-23/h2-3,5-6,9,16,19H,4,7-8,10-15,17H2,1H3,(H,22,26)/t19-/m0/s1.